The van der Waals surface area contributed by atoms with Crippen LogP contribution in [0.1, 0.15) is 15.9 Å². The highest BCUT2D eigenvalue weighted by Crippen LogP contribution is 2.18. The van der Waals surface area contributed by atoms with Gasteiger partial charge in [0, 0.05) is 63.0 Å². The van der Waals surface area contributed by atoms with Crippen molar-refractivity contribution in [2.45, 2.75) is 0 Å². The number of nitrogens with zero attached hydrogens (tertiary/aromatic N) is 4. The lowest BCUT2D eigenvalue weighted by Crippen LogP contribution is -2.46. The largest absolute Gasteiger partial charge is 0.346 e. The smallest absolute Gasteiger partial charge is 0.253 e. The van der Waals surface area contributed by atoms with E-state index in [2.05, 4.69) is 26.6 Å². The minimum Gasteiger partial charge on any atom is -0.346 e. The Morgan fingerprint density at radius 1 is 1.28 bits per heavy atom. The summed E-state index contributed by atoms with van der Waals surface area (Å²) in [5, 5.41) is 3.12. The molecule has 1 aromatic heterocycles. The highest BCUT2D eigenvalue weighted by Gasteiger charge is 2.17. The van der Waals surface area contributed by atoms with Crippen molar-refractivity contribution in [3.05, 3.63) is 47.0 Å². The molecule has 1 saturated heterocycles. The summed E-state index contributed by atoms with van der Waals surface area (Å²) in [7, 11) is 3.51. The number of carbonyl (C=O) groups is 1. The van der Waals surface area contributed by atoms with Gasteiger partial charge in [-0.1, -0.05) is 17.9 Å². The third-order valence-electron chi connectivity index (χ3n) is 4.11. The molecule has 1 aliphatic rings. The van der Waals surface area contributed by atoms with Crippen molar-refractivity contribution in [3.8, 4) is 11.8 Å². The molecule has 0 N–H and O–H groups in total. The van der Waals surface area contributed by atoms with Gasteiger partial charge in [-0.15, -0.1) is 11.3 Å². The zero-order valence-corrected chi connectivity index (χ0v) is 15.4. The van der Waals surface area contributed by atoms with Crippen LogP contribution in [0.5, 0.6) is 0 Å². The van der Waals surface area contributed by atoms with E-state index >= 15 is 0 Å². The second-order valence-electron chi connectivity index (χ2n) is 6.16. The zero-order valence-electron chi connectivity index (χ0n) is 14.6. The molecule has 6 heteroatoms. The second kappa shape index (κ2) is 8.15. The Labute approximate surface area is 152 Å². The zero-order chi connectivity index (χ0) is 17.6. The van der Waals surface area contributed by atoms with E-state index in [-0.39, 0.29) is 5.91 Å². The molecule has 3 rings (SSSR count). The highest BCUT2D eigenvalue weighted by atomic mass is 32.1. The summed E-state index contributed by atoms with van der Waals surface area (Å²) in [5.74, 6) is 6.42. The summed E-state index contributed by atoms with van der Waals surface area (Å²) in [6.45, 7) is 4.71. The monoisotopic (exact) mass is 354 g/mol. The molecule has 2 aromatic rings. The van der Waals surface area contributed by atoms with Crippen LogP contribution < -0.4 is 4.90 Å². The summed E-state index contributed by atoms with van der Waals surface area (Å²) in [4.78, 5) is 22.6. The van der Waals surface area contributed by atoms with Crippen LogP contribution in [0.25, 0.3) is 0 Å². The van der Waals surface area contributed by atoms with E-state index in [0.29, 0.717) is 5.56 Å². The normalized spacial score (nSPS) is 14.7. The number of thiazole rings is 1. The second-order valence-corrected chi connectivity index (χ2v) is 7.03. The van der Waals surface area contributed by atoms with Gasteiger partial charge in [0.25, 0.3) is 5.91 Å². The minimum atomic E-state index is 0.00181. The summed E-state index contributed by atoms with van der Waals surface area (Å²) >= 11 is 1.69. The number of carbonyl (C=O) groups excluding carboxylic acids is 1. The van der Waals surface area contributed by atoms with Gasteiger partial charge >= 0.3 is 0 Å². The van der Waals surface area contributed by atoms with Gasteiger partial charge in [0.1, 0.15) is 0 Å². The Balaban J connectivity index is 1.53. The van der Waals surface area contributed by atoms with E-state index in [4.69, 9.17) is 0 Å². The van der Waals surface area contributed by atoms with Crippen molar-refractivity contribution >= 4 is 22.4 Å². The summed E-state index contributed by atoms with van der Waals surface area (Å²) in [5.41, 5.74) is 1.56. The van der Waals surface area contributed by atoms with E-state index < -0.39 is 0 Å². The van der Waals surface area contributed by atoms with Gasteiger partial charge in [-0.2, -0.15) is 0 Å². The molecular weight excluding hydrogens is 332 g/mol. The number of rotatable bonds is 3. The van der Waals surface area contributed by atoms with Crippen molar-refractivity contribution in [1.29, 1.82) is 0 Å². The van der Waals surface area contributed by atoms with E-state index in [9.17, 15) is 4.79 Å². The molecular formula is C19H22N4OS. The fourth-order valence-corrected chi connectivity index (χ4v) is 3.41. The molecule has 5 nitrogen and oxygen atoms in total. The van der Waals surface area contributed by atoms with Gasteiger partial charge < -0.3 is 9.80 Å². The first kappa shape index (κ1) is 17.5. The molecule has 2 heterocycles. The van der Waals surface area contributed by atoms with Crippen molar-refractivity contribution < 1.29 is 4.79 Å². The standard InChI is InChI=1S/C19H22N4OS/c1-21(2)18(24)17-7-3-5-16(15-17)6-4-9-22-10-12-23(13-11-22)19-20-8-14-25-19/h3,5,7-8,14-15H,9-13H2,1-2H3. The van der Waals surface area contributed by atoms with Crippen LogP contribution in [0.2, 0.25) is 0 Å². The maximum atomic E-state index is 12.0. The number of aromatic nitrogens is 1. The lowest BCUT2D eigenvalue weighted by Gasteiger charge is -2.33. The van der Waals surface area contributed by atoms with Crippen molar-refractivity contribution in [3.63, 3.8) is 0 Å². The number of amides is 1. The number of anilines is 1. The van der Waals surface area contributed by atoms with Crippen LogP contribution in [-0.4, -0.2) is 67.5 Å². The maximum absolute atomic E-state index is 12.0. The number of piperazine rings is 1. The molecule has 0 aliphatic carbocycles. The molecule has 1 amide bonds. The first-order chi connectivity index (χ1) is 12.1. The molecule has 0 spiro atoms. The Bertz CT molecular complexity index is 768. The summed E-state index contributed by atoms with van der Waals surface area (Å²) in [6.07, 6.45) is 1.85. The first-order valence-corrected chi connectivity index (χ1v) is 9.19. The van der Waals surface area contributed by atoms with E-state index in [1.54, 1.807) is 30.3 Å². The molecule has 0 unspecified atom stereocenters. The molecule has 1 aliphatic heterocycles. The third-order valence-corrected chi connectivity index (χ3v) is 4.95. The van der Waals surface area contributed by atoms with Gasteiger partial charge in [0.2, 0.25) is 0 Å². The molecule has 0 radical (unpaired) electrons. The lowest BCUT2D eigenvalue weighted by atomic mass is 10.1. The van der Waals surface area contributed by atoms with Gasteiger partial charge in [0.05, 0.1) is 6.54 Å². The van der Waals surface area contributed by atoms with Crippen LogP contribution in [0.4, 0.5) is 5.13 Å². The predicted molar refractivity (Wildman–Crippen MR) is 102 cm³/mol. The van der Waals surface area contributed by atoms with Gasteiger partial charge in [-0.25, -0.2) is 4.98 Å². The first-order valence-electron chi connectivity index (χ1n) is 8.31. The Hall–Kier alpha value is -2.36. The van der Waals surface area contributed by atoms with Crippen LogP contribution in [0, 0.1) is 11.8 Å². The highest BCUT2D eigenvalue weighted by molar-refractivity contribution is 7.13. The summed E-state index contributed by atoms with van der Waals surface area (Å²) in [6, 6.07) is 7.51. The Morgan fingerprint density at radius 3 is 2.76 bits per heavy atom. The molecule has 0 bridgehead atoms. The van der Waals surface area contributed by atoms with Gasteiger partial charge in [0.15, 0.2) is 5.13 Å². The summed E-state index contributed by atoms with van der Waals surface area (Å²) < 4.78 is 0. The fraction of sp³-hybridized carbons (Fsp3) is 0.368. The maximum Gasteiger partial charge on any atom is 0.253 e. The molecule has 0 saturated carbocycles. The van der Waals surface area contributed by atoms with E-state index in [1.807, 2.05) is 35.8 Å². The number of hydrogen-bond acceptors (Lipinski definition) is 5. The molecule has 0 atom stereocenters. The van der Waals surface area contributed by atoms with Crippen LogP contribution in [0.3, 0.4) is 0 Å². The van der Waals surface area contributed by atoms with E-state index in [1.165, 1.54) is 0 Å². The SMILES string of the molecule is CN(C)C(=O)c1cccc(C#CCN2CCN(c3nccs3)CC2)c1. The van der Waals surface area contributed by atoms with Crippen LogP contribution in [-0.2, 0) is 0 Å². The molecule has 130 valence electrons. The van der Waals surface area contributed by atoms with Crippen molar-refractivity contribution in [2.24, 2.45) is 0 Å². The number of hydrogen-bond donors (Lipinski definition) is 0. The molecule has 1 fully saturated rings. The lowest BCUT2D eigenvalue weighted by molar-refractivity contribution is 0.0827. The fourth-order valence-electron chi connectivity index (χ4n) is 2.71. The minimum absolute atomic E-state index is 0.00181. The van der Waals surface area contributed by atoms with Crippen molar-refractivity contribution in [2.75, 3.05) is 51.7 Å². The van der Waals surface area contributed by atoms with Crippen LogP contribution >= 0.6 is 11.3 Å². The van der Waals surface area contributed by atoms with Crippen LogP contribution in [0.15, 0.2) is 35.8 Å². The number of benzene rings is 1. The van der Waals surface area contributed by atoms with E-state index in [0.717, 1.165) is 43.4 Å². The molecule has 1 aromatic carbocycles. The quantitative estimate of drug-likeness (QED) is 0.791. The Kier molecular flexibility index (Phi) is 5.69. The Morgan fingerprint density at radius 2 is 2.08 bits per heavy atom. The molecule has 25 heavy (non-hydrogen) atoms. The third kappa shape index (κ3) is 4.59. The average molecular weight is 354 g/mol. The van der Waals surface area contributed by atoms with Gasteiger partial charge in [-0.3, -0.25) is 9.69 Å². The predicted octanol–water partition coefficient (Wildman–Crippen LogP) is 2.02. The van der Waals surface area contributed by atoms with Crippen molar-refractivity contribution in [1.82, 2.24) is 14.8 Å². The average Bonchev–Trinajstić information content (AvgIpc) is 3.16. The van der Waals surface area contributed by atoms with Gasteiger partial charge in [-0.05, 0) is 18.2 Å². The topological polar surface area (TPSA) is 39.7 Å².